The summed E-state index contributed by atoms with van der Waals surface area (Å²) in [6.07, 6.45) is 0. The molecule has 0 radical (unpaired) electrons. The first-order valence-corrected chi connectivity index (χ1v) is 18.1. The van der Waals surface area contributed by atoms with E-state index < -0.39 is 0 Å². The van der Waals surface area contributed by atoms with Crippen molar-refractivity contribution in [1.82, 2.24) is 19.9 Å². The molecule has 12 rings (SSSR count). The van der Waals surface area contributed by atoms with Crippen molar-refractivity contribution in [3.63, 3.8) is 0 Å². The predicted octanol–water partition coefficient (Wildman–Crippen LogP) is 12.8. The standard InChI is InChI=1S/C48H26N4O3/c1-2-11-29(12-3-1)48-49-37-23-25-40-42(44(37)55-48)41-36-26-30(21-20-28(36)22-24-39(41)53-40)45-50-46(34-17-8-13-27-10-4-5-14-31(27)34)52-47(51-45)35-18-9-16-33-32-15-6-7-19-38(32)54-43(33)35/h1-26H. The maximum Gasteiger partial charge on any atom is 0.227 e. The third kappa shape index (κ3) is 4.57. The fourth-order valence-electron chi connectivity index (χ4n) is 7.99. The van der Waals surface area contributed by atoms with Gasteiger partial charge in [0.05, 0.1) is 10.9 Å². The van der Waals surface area contributed by atoms with Gasteiger partial charge in [-0.05, 0) is 70.1 Å². The Morgan fingerprint density at radius 2 is 1.02 bits per heavy atom. The number of hydrogen-bond acceptors (Lipinski definition) is 7. The van der Waals surface area contributed by atoms with Gasteiger partial charge in [-0.15, -0.1) is 0 Å². The molecule has 0 aliphatic heterocycles. The maximum absolute atomic E-state index is 6.51. The first kappa shape index (κ1) is 29.9. The van der Waals surface area contributed by atoms with Crippen LogP contribution >= 0.6 is 0 Å². The molecule has 0 bridgehead atoms. The average molecular weight is 707 g/mol. The fourth-order valence-corrected chi connectivity index (χ4v) is 7.99. The molecule has 0 spiro atoms. The second kappa shape index (κ2) is 11.4. The second-order valence-electron chi connectivity index (χ2n) is 13.8. The summed E-state index contributed by atoms with van der Waals surface area (Å²) in [5, 5.41) is 8.10. The molecule has 0 amide bonds. The van der Waals surface area contributed by atoms with Crippen LogP contribution in [-0.2, 0) is 0 Å². The van der Waals surface area contributed by atoms with E-state index >= 15 is 0 Å². The molecule has 0 fully saturated rings. The lowest BCUT2D eigenvalue weighted by molar-refractivity contribution is 0.622. The molecule has 0 saturated carbocycles. The second-order valence-corrected chi connectivity index (χ2v) is 13.8. The van der Waals surface area contributed by atoms with Gasteiger partial charge in [0.15, 0.2) is 23.1 Å². The molecule has 0 aliphatic carbocycles. The Morgan fingerprint density at radius 3 is 1.95 bits per heavy atom. The molecule has 4 aromatic heterocycles. The normalized spacial score (nSPS) is 12.0. The van der Waals surface area contributed by atoms with Gasteiger partial charge in [-0.25, -0.2) is 19.9 Å². The molecule has 0 N–H and O–H groups in total. The average Bonchev–Trinajstić information content (AvgIpc) is 3.97. The number of fused-ring (bicyclic) bond motifs is 11. The first-order chi connectivity index (χ1) is 27.2. The van der Waals surface area contributed by atoms with E-state index in [2.05, 4.69) is 60.7 Å². The van der Waals surface area contributed by atoms with Gasteiger partial charge in [0.1, 0.15) is 27.8 Å². The van der Waals surface area contributed by atoms with E-state index in [9.17, 15) is 0 Å². The van der Waals surface area contributed by atoms with E-state index in [1.165, 1.54) is 0 Å². The summed E-state index contributed by atoms with van der Waals surface area (Å²) in [6, 6.07) is 53.0. The Bertz CT molecular complexity index is 3500. The monoisotopic (exact) mass is 706 g/mol. The molecule has 0 saturated heterocycles. The van der Waals surface area contributed by atoms with E-state index in [0.717, 1.165) is 93.2 Å². The van der Waals surface area contributed by atoms with E-state index in [-0.39, 0.29) is 0 Å². The van der Waals surface area contributed by atoms with Gasteiger partial charge in [-0.3, -0.25) is 0 Å². The molecule has 7 heteroatoms. The van der Waals surface area contributed by atoms with E-state index in [1.54, 1.807) is 0 Å². The summed E-state index contributed by atoms with van der Waals surface area (Å²) in [7, 11) is 0. The zero-order chi connectivity index (χ0) is 36.0. The SMILES string of the molecule is c1ccc(-c2nc3ccc4oc5ccc6ccc(-c7nc(-c8cccc9ccccc89)nc(-c8cccc9c8oc8ccccc89)n7)cc6c5c4c3o2)cc1. The van der Waals surface area contributed by atoms with Gasteiger partial charge in [-0.2, -0.15) is 0 Å². The van der Waals surface area contributed by atoms with Gasteiger partial charge in [0.2, 0.25) is 5.89 Å². The molecule has 7 nitrogen and oxygen atoms in total. The quantitative estimate of drug-likeness (QED) is 0.180. The minimum atomic E-state index is 0.529. The van der Waals surface area contributed by atoms with Crippen LogP contribution in [0.15, 0.2) is 171 Å². The Hall–Kier alpha value is -7.64. The third-order valence-electron chi connectivity index (χ3n) is 10.6. The van der Waals surface area contributed by atoms with Crippen LogP contribution in [0.3, 0.4) is 0 Å². The molecule has 8 aromatic carbocycles. The van der Waals surface area contributed by atoms with Crippen molar-refractivity contribution in [2.75, 3.05) is 0 Å². The van der Waals surface area contributed by atoms with Crippen molar-refractivity contribution in [1.29, 1.82) is 0 Å². The molecular formula is C48H26N4O3. The van der Waals surface area contributed by atoms with Gasteiger partial charge < -0.3 is 13.3 Å². The van der Waals surface area contributed by atoms with Crippen LogP contribution in [0.25, 0.3) is 122 Å². The number of furan rings is 2. The fraction of sp³-hybridized carbons (Fsp3) is 0. The van der Waals surface area contributed by atoms with Crippen molar-refractivity contribution >= 4 is 76.5 Å². The number of para-hydroxylation sites is 2. The highest BCUT2D eigenvalue weighted by molar-refractivity contribution is 6.25. The lowest BCUT2D eigenvalue weighted by atomic mass is 10.0. The molecule has 0 aliphatic rings. The number of oxazole rings is 1. The highest BCUT2D eigenvalue weighted by Gasteiger charge is 2.21. The van der Waals surface area contributed by atoms with Crippen molar-refractivity contribution in [2.24, 2.45) is 0 Å². The highest BCUT2D eigenvalue weighted by Crippen LogP contribution is 2.42. The number of benzene rings is 8. The van der Waals surface area contributed by atoms with E-state index in [4.69, 9.17) is 33.2 Å². The largest absolute Gasteiger partial charge is 0.456 e. The summed E-state index contributed by atoms with van der Waals surface area (Å²) in [6.45, 7) is 0. The Labute approximate surface area is 312 Å². The number of hydrogen-bond donors (Lipinski definition) is 0. The zero-order valence-corrected chi connectivity index (χ0v) is 29.0. The Balaban J connectivity index is 1.12. The summed E-state index contributed by atoms with van der Waals surface area (Å²) < 4.78 is 19.4. The molecule has 0 atom stereocenters. The number of nitrogens with zero attached hydrogens (tertiary/aromatic N) is 4. The van der Waals surface area contributed by atoms with Gasteiger partial charge in [-0.1, -0.05) is 109 Å². The topological polar surface area (TPSA) is 91.0 Å². The van der Waals surface area contributed by atoms with E-state index in [0.29, 0.717) is 28.9 Å². The van der Waals surface area contributed by atoms with Crippen molar-refractivity contribution < 1.29 is 13.3 Å². The van der Waals surface area contributed by atoms with Crippen LogP contribution < -0.4 is 0 Å². The van der Waals surface area contributed by atoms with Crippen molar-refractivity contribution in [3.8, 4) is 45.6 Å². The zero-order valence-electron chi connectivity index (χ0n) is 29.0. The van der Waals surface area contributed by atoms with Crippen LogP contribution in [0.2, 0.25) is 0 Å². The molecule has 12 aromatic rings. The molecule has 0 unspecified atom stereocenters. The van der Waals surface area contributed by atoms with Crippen LogP contribution in [0, 0.1) is 0 Å². The number of aromatic nitrogens is 4. The number of rotatable bonds is 4. The predicted molar refractivity (Wildman–Crippen MR) is 219 cm³/mol. The molecule has 256 valence electrons. The van der Waals surface area contributed by atoms with Gasteiger partial charge >= 0.3 is 0 Å². The lowest BCUT2D eigenvalue weighted by Crippen LogP contribution is -2.01. The van der Waals surface area contributed by atoms with Gasteiger partial charge in [0, 0.05) is 32.8 Å². The molecule has 4 heterocycles. The minimum absolute atomic E-state index is 0.529. The molecule has 55 heavy (non-hydrogen) atoms. The Morgan fingerprint density at radius 1 is 0.345 bits per heavy atom. The third-order valence-corrected chi connectivity index (χ3v) is 10.6. The summed E-state index contributed by atoms with van der Waals surface area (Å²) in [5.41, 5.74) is 7.97. The van der Waals surface area contributed by atoms with Crippen LogP contribution in [-0.4, -0.2) is 19.9 Å². The maximum atomic E-state index is 6.51. The summed E-state index contributed by atoms with van der Waals surface area (Å²) in [5.74, 6) is 2.22. The van der Waals surface area contributed by atoms with Crippen molar-refractivity contribution in [3.05, 3.63) is 158 Å². The highest BCUT2D eigenvalue weighted by atomic mass is 16.4. The van der Waals surface area contributed by atoms with Crippen LogP contribution in [0.1, 0.15) is 0 Å². The van der Waals surface area contributed by atoms with Crippen LogP contribution in [0.5, 0.6) is 0 Å². The molecular weight excluding hydrogens is 681 g/mol. The minimum Gasteiger partial charge on any atom is -0.456 e. The first-order valence-electron chi connectivity index (χ1n) is 18.1. The van der Waals surface area contributed by atoms with E-state index in [1.807, 2.05) is 97.1 Å². The Kier molecular flexibility index (Phi) is 6.21. The van der Waals surface area contributed by atoms with Gasteiger partial charge in [0.25, 0.3) is 0 Å². The van der Waals surface area contributed by atoms with Crippen LogP contribution in [0.4, 0.5) is 0 Å². The summed E-state index contributed by atoms with van der Waals surface area (Å²) >= 11 is 0. The smallest absolute Gasteiger partial charge is 0.227 e. The van der Waals surface area contributed by atoms with Crippen molar-refractivity contribution in [2.45, 2.75) is 0 Å². The summed E-state index contributed by atoms with van der Waals surface area (Å²) in [4.78, 5) is 20.4. The lowest BCUT2D eigenvalue weighted by Gasteiger charge is -2.11.